The summed E-state index contributed by atoms with van der Waals surface area (Å²) in [5.41, 5.74) is 0.364. The zero-order valence-corrected chi connectivity index (χ0v) is 8.84. The Morgan fingerprint density at radius 3 is 2.85 bits per heavy atom. The standard InChI is InChI=1S/C11H20O2/c1-4-9(2)11(3,12)10-6-5-7-13-8-10/h8-9,12H,4-7H2,1-3H3. The molecule has 0 bridgehead atoms. The van der Waals surface area contributed by atoms with Gasteiger partial charge in [-0.25, -0.2) is 0 Å². The predicted molar refractivity (Wildman–Crippen MR) is 53.3 cm³/mol. The van der Waals surface area contributed by atoms with Gasteiger partial charge in [0.1, 0.15) is 0 Å². The van der Waals surface area contributed by atoms with Crippen LogP contribution in [0.5, 0.6) is 0 Å². The fourth-order valence-corrected chi connectivity index (χ4v) is 1.65. The van der Waals surface area contributed by atoms with Crippen LogP contribution in [-0.4, -0.2) is 17.3 Å². The number of rotatable bonds is 3. The van der Waals surface area contributed by atoms with E-state index in [2.05, 4.69) is 13.8 Å². The smallest absolute Gasteiger partial charge is 0.0886 e. The second kappa shape index (κ2) is 4.14. The number of hydrogen-bond acceptors (Lipinski definition) is 2. The summed E-state index contributed by atoms with van der Waals surface area (Å²) in [6.45, 7) is 6.86. The molecule has 2 unspecified atom stereocenters. The normalized spacial score (nSPS) is 24.2. The lowest BCUT2D eigenvalue weighted by molar-refractivity contribution is 0.0283. The Morgan fingerprint density at radius 2 is 2.38 bits per heavy atom. The molecule has 1 rings (SSSR count). The molecule has 0 aliphatic carbocycles. The van der Waals surface area contributed by atoms with Crippen molar-refractivity contribution in [2.75, 3.05) is 6.61 Å². The molecule has 0 aromatic rings. The Hall–Kier alpha value is -0.500. The van der Waals surface area contributed by atoms with Crippen molar-refractivity contribution in [3.8, 4) is 0 Å². The van der Waals surface area contributed by atoms with Crippen LogP contribution in [-0.2, 0) is 4.74 Å². The minimum atomic E-state index is -0.685. The van der Waals surface area contributed by atoms with Crippen LogP contribution in [0, 0.1) is 5.92 Å². The number of hydrogen-bond donors (Lipinski definition) is 1. The summed E-state index contributed by atoms with van der Waals surface area (Å²) in [4.78, 5) is 0. The molecule has 0 amide bonds. The van der Waals surface area contributed by atoms with Gasteiger partial charge in [0.25, 0.3) is 0 Å². The average molecular weight is 184 g/mol. The molecule has 0 saturated carbocycles. The second-order valence-electron chi connectivity index (χ2n) is 4.07. The van der Waals surface area contributed by atoms with E-state index in [1.54, 1.807) is 6.26 Å². The molecule has 2 heteroatoms. The first kappa shape index (κ1) is 10.6. The molecule has 1 aliphatic heterocycles. The van der Waals surface area contributed by atoms with Crippen LogP contribution in [0.3, 0.4) is 0 Å². The first-order valence-electron chi connectivity index (χ1n) is 5.12. The lowest BCUT2D eigenvalue weighted by Gasteiger charge is -2.33. The molecular weight excluding hydrogens is 164 g/mol. The maximum absolute atomic E-state index is 10.3. The van der Waals surface area contributed by atoms with Gasteiger partial charge in [0.15, 0.2) is 0 Å². The summed E-state index contributed by atoms with van der Waals surface area (Å²) >= 11 is 0. The average Bonchev–Trinajstić information content (AvgIpc) is 2.18. The maximum atomic E-state index is 10.3. The van der Waals surface area contributed by atoms with E-state index in [0.717, 1.165) is 31.4 Å². The fraction of sp³-hybridized carbons (Fsp3) is 0.818. The minimum Gasteiger partial charge on any atom is -0.501 e. The molecule has 0 aromatic carbocycles. The molecule has 2 atom stereocenters. The predicted octanol–water partition coefficient (Wildman–Crippen LogP) is 2.48. The Bertz CT molecular complexity index is 194. The van der Waals surface area contributed by atoms with E-state index in [-0.39, 0.29) is 0 Å². The third-order valence-corrected chi connectivity index (χ3v) is 3.16. The third kappa shape index (κ3) is 2.25. The molecule has 0 saturated heterocycles. The Labute approximate surface area is 80.6 Å². The summed E-state index contributed by atoms with van der Waals surface area (Å²) in [5.74, 6) is 0.292. The zero-order valence-electron chi connectivity index (χ0n) is 8.84. The summed E-state index contributed by atoms with van der Waals surface area (Å²) in [5, 5.41) is 10.3. The maximum Gasteiger partial charge on any atom is 0.0886 e. The summed E-state index contributed by atoms with van der Waals surface area (Å²) in [7, 11) is 0. The van der Waals surface area contributed by atoms with Gasteiger partial charge in [-0.1, -0.05) is 20.3 Å². The lowest BCUT2D eigenvalue weighted by Crippen LogP contribution is -2.35. The Kier molecular flexibility index (Phi) is 3.37. The minimum absolute atomic E-state index is 0.292. The Balaban J connectivity index is 2.72. The largest absolute Gasteiger partial charge is 0.501 e. The van der Waals surface area contributed by atoms with E-state index in [0.29, 0.717) is 5.92 Å². The van der Waals surface area contributed by atoms with Crippen LogP contribution in [0.25, 0.3) is 0 Å². The molecule has 13 heavy (non-hydrogen) atoms. The highest BCUT2D eigenvalue weighted by atomic mass is 16.5. The van der Waals surface area contributed by atoms with Crippen LogP contribution in [0.2, 0.25) is 0 Å². The van der Waals surface area contributed by atoms with Crippen LogP contribution in [0.4, 0.5) is 0 Å². The van der Waals surface area contributed by atoms with E-state index in [4.69, 9.17) is 4.74 Å². The van der Waals surface area contributed by atoms with Gasteiger partial charge in [-0.2, -0.15) is 0 Å². The van der Waals surface area contributed by atoms with Crippen molar-refractivity contribution in [1.29, 1.82) is 0 Å². The van der Waals surface area contributed by atoms with Gasteiger partial charge in [0.05, 0.1) is 18.5 Å². The highest BCUT2D eigenvalue weighted by Crippen LogP contribution is 2.32. The molecule has 1 aliphatic rings. The van der Waals surface area contributed by atoms with Crippen molar-refractivity contribution >= 4 is 0 Å². The van der Waals surface area contributed by atoms with Gasteiger partial charge >= 0.3 is 0 Å². The number of aliphatic hydroxyl groups is 1. The first-order chi connectivity index (χ1) is 6.09. The fourth-order valence-electron chi connectivity index (χ4n) is 1.65. The van der Waals surface area contributed by atoms with Gasteiger partial charge < -0.3 is 9.84 Å². The van der Waals surface area contributed by atoms with E-state index in [9.17, 15) is 5.11 Å². The van der Waals surface area contributed by atoms with Crippen molar-refractivity contribution in [3.05, 3.63) is 11.8 Å². The highest BCUT2D eigenvalue weighted by Gasteiger charge is 2.32. The molecule has 2 nitrogen and oxygen atoms in total. The second-order valence-corrected chi connectivity index (χ2v) is 4.07. The molecule has 1 heterocycles. The van der Waals surface area contributed by atoms with Crippen LogP contribution in [0.1, 0.15) is 40.0 Å². The molecular formula is C11H20O2. The van der Waals surface area contributed by atoms with Crippen LogP contribution >= 0.6 is 0 Å². The van der Waals surface area contributed by atoms with Crippen LogP contribution in [0.15, 0.2) is 11.8 Å². The SMILES string of the molecule is CCC(C)C(C)(O)C1=COCCC1. The molecule has 76 valence electrons. The monoisotopic (exact) mass is 184 g/mol. The summed E-state index contributed by atoms with van der Waals surface area (Å²) in [6, 6.07) is 0. The molecule has 1 N–H and O–H groups in total. The van der Waals surface area contributed by atoms with Crippen molar-refractivity contribution < 1.29 is 9.84 Å². The van der Waals surface area contributed by atoms with Gasteiger partial charge in [-0.15, -0.1) is 0 Å². The van der Waals surface area contributed by atoms with E-state index < -0.39 is 5.60 Å². The molecule has 0 aromatic heterocycles. The van der Waals surface area contributed by atoms with Crippen molar-refractivity contribution in [3.63, 3.8) is 0 Å². The van der Waals surface area contributed by atoms with E-state index in [1.807, 2.05) is 6.92 Å². The van der Waals surface area contributed by atoms with Gasteiger partial charge in [0, 0.05) is 0 Å². The van der Waals surface area contributed by atoms with Crippen molar-refractivity contribution in [2.45, 2.75) is 45.6 Å². The number of ether oxygens (including phenoxy) is 1. The van der Waals surface area contributed by atoms with E-state index >= 15 is 0 Å². The Morgan fingerprint density at radius 1 is 1.69 bits per heavy atom. The van der Waals surface area contributed by atoms with Crippen molar-refractivity contribution in [1.82, 2.24) is 0 Å². The van der Waals surface area contributed by atoms with Gasteiger partial charge in [-0.05, 0) is 31.3 Å². The summed E-state index contributed by atoms with van der Waals surface area (Å²) < 4.78 is 5.24. The summed E-state index contributed by atoms with van der Waals surface area (Å²) in [6.07, 6.45) is 4.73. The van der Waals surface area contributed by atoms with Crippen LogP contribution < -0.4 is 0 Å². The quantitative estimate of drug-likeness (QED) is 0.730. The zero-order chi connectivity index (χ0) is 9.90. The topological polar surface area (TPSA) is 29.5 Å². The lowest BCUT2D eigenvalue weighted by atomic mass is 9.80. The van der Waals surface area contributed by atoms with E-state index in [1.165, 1.54) is 0 Å². The highest BCUT2D eigenvalue weighted by molar-refractivity contribution is 5.15. The van der Waals surface area contributed by atoms with Gasteiger partial charge in [-0.3, -0.25) is 0 Å². The van der Waals surface area contributed by atoms with Crippen molar-refractivity contribution in [2.24, 2.45) is 5.92 Å². The molecule has 0 spiro atoms. The molecule has 0 fully saturated rings. The van der Waals surface area contributed by atoms with Gasteiger partial charge in [0.2, 0.25) is 0 Å². The third-order valence-electron chi connectivity index (χ3n) is 3.16. The first-order valence-corrected chi connectivity index (χ1v) is 5.12. The molecule has 0 radical (unpaired) electrons.